The van der Waals surface area contributed by atoms with Crippen molar-refractivity contribution in [1.82, 2.24) is 0 Å². The highest BCUT2D eigenvalue weighted by Gasteiger charge is 2.45. The molecule has 10 nitrogen and oxygen atoms in total. The number of carbonyl (C=O) groups is 1. The van der Waals surface area contributed by atoms with Crippen molar-refractivity contribution in [3.05, 3.63) is 42.0 Å². The predicted octanol–water partition coefficient (Wildman–Crippen LogP) is -1.65. The van der Waals surface area contributed by atoms with Gasteiger partial charge in [-0.15, -0.1) is 0 Å². The Morgan fingerprint density at radius 2 is 1.87 bits per heavy atom. The van der Waals surface area contributed by atoms with Crippen LogP contribution in [0.25, 0.3) is 0 Å². The Balaban J connectivity index is 1.70. The quantitative estimate of drug-likeness (QED) is 0.229. The molecule has 1 aliphatic carbocycles. The molecule has 7 atom stereocenters. The van der Waals surface area contributed by atoms with Crippen LogP contribution < -0.4 is 4.74 Å². The fourth-order valence-corrected chi connectivity index (χ4v) is 3.34. The largest absolute Gasteiger partial charge is 0.462 e. The molecule has 0 radical (unpaired) electrons. The molecule has 1 aromatic carbocycles. The first-order valence-electron chi connectivity index (χ1n) is 9.58. The lowest BCUT2D eigenvalue weighted by Gasteiger charge is -2.39. The molecule has 0 amide bonds. The predicted molar refractivity (Wildman–Crippen MR) is 100.0 cm³/mol. The smallest absolute Gasteiger partial charge is 0.345 e. The van der Waals surface area contributed by atoms with E-state index in [4.69, 9.17) is 14.2 Å². The summed E-state index contributed by atoms with van der Waals surface area (Å²) in [5.74, 6) is -0.866. The van der Waals surface area contributed by atoms with Gasteiger partial charge in [-0.2, -0.15) is 0 Å². The highest BCUT2D eigenvalue weighted by atomic mass is 16.7. The number of hydrogen-bond acceptors (Lipinski definition) is 10. The SMILES string of the molecule is O=C(OCc1ccccc1O[C@H]1O[C@H](CO)[C@@H](O)[C@H](O)[C@H]1O)[C@@]1(O)C=CCC[C@@H]1O. The number of carbonyl (C=O) groups excluding carboxylic acids is 1. The van der Waals surface area contributed by atoms with Crippen molar-refractivity contribution in [2.24, 2.45) is 0 Å². The molecule has 1 aromatic rings. The second-order valence-electron chi connectivity index (χ2n) is 7.32. The summed E-state index contributed by atoms with van der Waals surface area (Å²) in [6.07, 6.45) is -4.97. The lowest BCUT2D eigenvalue weighted by molar-refractivity contribution is -0.277. The van der Waals surface area contributed by atoms with Gasteiger partial charge in [0.15, 0.2) is 0 Å². The third-order valence-electron chi connectivity index (χ3n) is 5.24. The van der Waals surface area contributed by atoms with Crippen LogP contribution in [-0.4, -0.2) is 85.6 Å². The third-order valence-corrected chi connectivity index (χ3v) is 5.24. The van der Waals surface area contributed by atoms with Gasteiger partial charge in [-0.1, -0.05) is 24.3 Å². The van der Waals surface area contributed by atoms with Crippen LogP contribution in [0.2, 0.25) is 0 Å². The second-order valence-corrected chi connectivity index (χ2v) is 7.32. The molecule has 1 aliphatic heterocycles. The number of benzene rings is 1. The lowest BCUT2D eigenvalue weighted by atomic mass is 9.88. The van der Waals surface area contributed by atoms with Gasteiger partial charge in [0.1, 0.15) is 36.8 Å². The molecular weight excluding hydrogens is 400 g/mol. The van der Waals surface area contributed by atoms with Crippen molar-refractivity contribution in [1.29, 1.82) is 0 Å². The minimum atomic E-state index is -2.13. The molecule has 3 rings (SSSR count). The number of para-hydroxylation sites is 1. The first-order chi connectivity index (χ1) is 14.3. The Hall–Kier alpha value is -2.05. The Bertz CT molecular complexity index is 766. The molecule has 0 spiro atoms. The Labute approximate surface area is 172 Å². The zero-order valence-corrected chi connectivity index (χ0v) is 16.1. The van der Waals surface area contributed by atoms with Crippen LogP contribution in [0, 0.1) is 0 Å². The standard InChI is InChI=1S/C20H26O10/c21-9-13-15(23)16(24)17(25)18(30-13)29-12-6-2-1-5-11(12)10-28-19(26)20(27)8-4-3-7-14(20)22/h1-2,4-6,8,13-18,21-25,27H,3,7,9-10H2/t13-,14+,15-,16+,17-,18+,20-/m1/s1. The van der Waals surface area contributed by atoms with Gasteiger partial charge in [0.25, 0.3) is 0 Å². The van der Waals surface area contributed by atoms with Crippen LogP contribution >= 0.6 is 0 Å². The first kappa shape index (κ1) is 22.6. The molecule has 1 heterocycles. The Kier molecular flexibility index (Phi) is 7.09. The summed E-state index contributed by atoms with van der Waals surface area (Å²) >= 11 is 0. The maximum absolute atomic E-state index is 12.3. The molecule has 1 fully saturated rings. The summed E-state index contributed by atoms with van der Waals surface area (Å²) in [6, 6.07) is 6.34. The zero-order valence-electron chi connectivity index (χ0n) is 16.1. The van der Waals surface area contributed by atoms with E-state index in [-0.39, 0.29) is 18.8 Å². The Morgan fingerprint density at radius 3 is 2.57 bits per heavy atom. The summed E-state index contributed by atoms with van der Waals surface area (Å²) in [5.41, 5.74) is -1.77. The van der Waals surface area contributed by atoms with E-state index in [0.29, 0.717) is 12.0 Å². The third kappa shape index (κ3) is 4.49. The van der Waals surface area contributed by atoms with E-state index in [1.54, 1.807) is 24.3 Å². The van der Waals surface area contributed by atoms with Crippen molar-refractivity contribution in [2.75, 3.05) is 6.61 Å². The van der Waals surface area contributed by atoms with Gasteiger partial charge in [-0.25, -0.2) is 4.79 Å². The van der Waals surface area contributed by atoms with Crippen molar-refractivity contribution in [3.8, 4) is 5.75 Å². The van der Waals surface area contributed by atoms with Gasteiger partial charge in [0.05, 0.1) is 12.7 Å². The highest BCUT2D eigenvalue weighted by molar-refractivity contribution is 5.83. The maximum atomic E-state index is 12.3. The summed E-state index contributed by atoms with van der Waals surface area (Å²) in [4.78, 5) is 12.3. The summed E-state index contributed by atoms with van der Waals surface area (Å²) in [5, 5.41) is 59.5. The zero-order chi connectivity index (χ0) is 21.9. The van der Waals surface area contributed by atoms with E-state index in [1.165, 1.54) is 12.1 Å². The molecule has 1 saturated heterocycles. The topological polar surface area (TPSA) is 166 Å². The van der Waals surface area contributed by atoms with Gasteiger partial charge in [0, 0.05) is 5.56 Å². The van der Waals surface area contributed by atoms with E-state index in [9.17, 15) is 35.4 Å². The minimum Gasteiger partial charge on any atom is -0.462 e. The molecule has 0 unspecified atom stereocenters. The number of esters is 1. The number of rotatable bonds is 6. The normalized spacial score (nSPS) is 36.3. The van der Waals surface area contributed by atoms with E-state index in [2.05, 4.69) is 0 Å². The molecule has 30 heavy (non-hydrogen) atoms. The number of hydrogen-bond donors (Lipinski definition) is 6. The molecule has 0 saturated carbocycles. The first-order valence-corrected chi connectivity index (χ1v) is 9.58. The average Bonchev–Trinajstić information content (AvgIpc) is 2.75. The van der Waals surface area contributed by atoms with Gasteiger partial charge in [-0.3, -0.25) is 0 Å². The maximum Gasteiger partial charge on any atom is 0.345 e. The molecule has 10 heteroatoms. The Morgan fingerprint density at radius 1 is 1.13 bits per heavy atom. The van der Waals surface area contributed by atoms with Crippen molar-refractivity contribution < 1.29 is 49.6 Å². The summed E-state index contributed by atoms with van der Waals surface area (Å²) < 4.78 is 16.1. The van der Waals surface area contributed by atoms with E-state index in [0.717, 1.165) is 0 Å². The van der Waals surface area contributed by atoms with Gasteiger partial charge < -0.3 is 44.8 Å². The molecular formula is C20H26O10. The molecule has 6 N–H and O–H groups in total. The van der Waals surface area contributed by atoms with E-state index < -0.39 is 55.0 Å². The van der Waals surface area contributed by atoms with E-state index in [1.807, 2.05) is 0 Å². The van der Waals surface area contributed by atoms with Gasteiger partial charge in [-0.05, 0) is 25.0 Å². The van der Waals surface area contributed by atoms with Crippen LogP contribution in [-0.2, 0) is 20.9 Å². The summed E-state index contributed by atoms with van der Waals surface area (Å²) in [7, 11) is 0. The van der Waals surface area contributed by atoms with Crippen LogP contribution in [0.1, 0.15) is 18.4 Å². The fourth-order valence-electron chi connectivity index (χ4n) is 3.34. The minimum absolute atomic E-state index is 0.154. The molecule has 166 valence electrons. The molecule has 2 aliphatic rings. The van der Waals surface area contributed by atoms with Crippen LogP contribution in [0.15, 0.2) is 36.4 Å². The second kappa shape index (κ2) is 9.40. The van der Waals surface area contributed by atoms with Gasteiger partial charge in [0.2, 0.25) is 11.9 Å². The van der Waals surface area contributed by atoms with Gasteiger partial charge >= 0.3 is 5.97 Å². The average molecular weight is 426 g/mol. The van der Waals surface area contributed by atoms with Crippen LogP contribution in [0.3, 0.4) is 0 Å². The molecule has 0 bridgehead atoms. The van der Waals surface area contributed by atoms with Crippen LogP contribution in [0.5, 0.6) is 5.75 Å². The van der Waals surface area contributed by atoms with E-state index >= 15 is 0 Å². The van der Waals surface area contributed by atoms with Crippen molar-refractivity contribution >= 4 is 5.97 Å². The number of ether oxygens (including phenoxy) is 3. The highest BCUT2D eigenvalue weighted by Crippen LogP contribution is 2.28. The fraction of sp³-hybridized carbons (Fsp3) is 0.550. The van der Waals surface area contributed by atoms with Crippen molar-refractivity contribution in [2.45, 2.75) is 61.9 Å². The number of aliphatic hydroxyl groups excluding tert-OH is 5. The molecule has 0 aromatic heterocycles. The summed E-state index contributed by atoms with van der Waals surface area (Å²) in [6.45, 7) is -0.909. The lowest BCUT2D eigenvalue weighted by Crippen LogP contribution is -2.60. The number of aliphatic hydroxyl groups is 6. The number of allylic oxidation sites excluding steroid dienone is 1. The van der Waals surface area contributed by atoms with Crippen molar-refractivity contribution in [3.63, 3.8) is 0 Å². The monoisotopic (exact) mass is 426 g/mol. The van der Waals surface area contributed by atoms with Crippen LogP contribution in [0.4, 0.5) is 0 Å².